The molecule has 5 heteroatoms. The van der Waals surface area contributed by atoms with Gasteiger partial charge in [-0.05, 0) is 17.2 Å². The van der Waals surface area contributed by atoms with E-state index in [9.17, 15) is 0 Å². The highest BCUT2D eigenvalue weighted by Crippen LogP contribution is 2.13. The third-order valence-corrected chi connectivity index (χ3v) is 3.38. The molecular formula is C18H16N4O. The molecule has 5 nitrogen and oxygen atoms in total. The summed E-state index contributed by atoms with van der Waals surface area (Å²) in [6.07, 6.45) is 2.02. The van der Waals surface area contributed by atoms with E-state index in [4.69, 9.17) is 10.00 Å². The lowest BCUT2D eigenvalue weighted by Gasteiger charge is -2.05. The number of rotatable bonds is 6. The molecule has 0 unspecified atom stereocenters. The molecule has 0 N–H and O–H groups in total. The van der Waals surface area contributed by atoms with Crippen LogP contribution in [-0.4, -0.2) is 15.0 Å². The average Bonchev–Trinajstić information content (AvgIpc) is 3.05. The van der Waals surface area contributed by atoms with Gasteiger partial charge in [-0.15, -0.1) is 0 Å². The summed E-state index contributed by atoms with van der Waals surface area (Å²) in [4.78, 5) is 1.55. The third kappa shape index (κ3) is 3.82. The molecule has 1 aromatic heterocycles. The second kappa shape index (κ2) is 7.34. The van der Waals surface area contributed by atoms with Crippen LogP contribution in [0.15, 0.2) is 60.8 Å². The van der Waals surface area contributed by atoms with Crippen LogP contribution < -0.4 is 0 Å². The van der Waals surface area contributed by atoms with Gasteiger partial charge in [-0.25, -0.2) is 0 Å². The highest BCUT2D eigenvalue weighted by molar-refractivity contribution is 5.40. The zero-order valence-corrected chi connectivity index (χ0v) is 12.6. The average molecular weight is 304 g/mol. The maximum absolute atomic E-state index is 8.90. The molecule has 0 fully saturated rings. The Labute approximate surface area is 134 Å². The predicted molar refractivity (Wildman–Crippen MR) is 85.6 cm³/mol. The maximum Gasteiger partial charge on any atom is 0.109 e. The van der Waals surface area contributed by atoms with E-state index in [0.717, 1.165) is 22.5 Å². The Balaban J connectivity index is 1.66. The molecule has 0 saturated carbocycles. The van der Waals surface area contributed by atoms with Crippen molar-refractivity contribution in [1.82, 2.24) is 15.0 Å². The summed E-state index contributed by atoms with van der Waals surface area (Å²) in [5.41, 5.74) is 3.61. The van der Waals surface area contributed by atoms with Crippen LogP contribution in [0.3, 0.4) is 0 Å². The van der Waals surface area contributed by atoms with E-state index >= 15 is 0 Å². The van der Waals surface area contributed by atoms with Gasteiger partial charge in [0.05, 0.1) is 37.6 Å². The van der Waals surface area contributed by atoms with Crippen LogP contribution in [0.5, 0.6) is 0 Å². The monoisotopic (exact) mass is 304 g/mol. The largest absolute Gasteiger partial charge is 0.370 e. The standard InChI is InChI=1S/C18H16N4O/c19-11-10-16-8-4-5-9-18(16)22-20-12-17(21-22)14-23-13-15-6-2-1-3-7-15/h1-9,12H,10,13-14H2. The summed E-state index contributed by atoms with van der Waals surface area (Å²) in [5, 5.41) is 17.6. The minimum atomic E-state index is 0.331. The Morgan fingerprint density at radius 3 is 2.61 bits per heavy atom. The number of hydrogen-bond donors (Lipinski definition) is 0. The van der Waals surface area contributed by atoms with Gasteiger partial charge in [0.15, 0.2) is 0 Å². The van der Waals surface area contributed by atoms with Gasteiger partial charge in [0, 0.05) is 0 Å². The molecule has 0 spiro atoms. The van der Waals surface area contributed by atoms with Crippen LogP contribution in [0.1, 0.15) is 16.8 Å². The lowest BCUT2D eigenvalue weighted by molar-refractivity contribution is 0.104. The van der Waals surface area contributed by atoms with Crippen molar-refractivity contribution in [3.8, 4) is 11.8 Å². The van der Waals surface area contributed by atoms with Gasteiger partial charge in [-0.3, -0.25) is 0 Å². The second-order valence-corrected chi connectivity index (χ2v) is 5.07. The van der Waals surface area contributed by atoms with Crippen molar-refractivity contribution >= 4 is 0 Å². The van der Waals surface area contributed by atoms with Gasteiger partial charge in [0.25, 0.3) is 0 Å². The van der Waals surface area contributed by atoms with Crippen molar-refractivity contribution in [3.63, 3.8) is 0 Å². The van der Waals surface area contributed by atoms with Gasteiger partial charge in [-0.2, -0.15) is 20.3 Å². The fraction of sp³-hybridized carbons (Fsp3) is 0.167. The summed E-state index contributed by atoms with van der Waals surface area (Å²) in [5.74, 6) is 0. The third-order valence-electron chi connectivity index (χ3n) is 3.38. The Morgan fingerprint density at radius 1 is 1.00 bits per heavy atom. The fourth-order valence-corrected chi connectivity index (χ4v) is 2.27. The van der Waals surface area contributed by atoms with Crippen molar-refractivity contribution in [2.45, 2.75) is 19.6 Å². The van der Waals surface area contributed by atoms with Crippen LogP contribution in [0.25, 0.3) is 5.69 Å². The zero-order chi connectivity index (χ0) is 15.9. The number of nitriles is 1. The normalized spacial score (nSPS) is 10.4. The Bertz CT molecular complexity index is 805. The summed E-state index contributed by atoms with van der Waals surface area (Å²) in [7, 11) is 0. The van der Waals surface area contributed by atoms with E-state index in [-0.39, 0.29) is 0 Å². The highest BCUT2D eigenvalue weighted by Gasteiger charge is 2.07. The molecule has 0 aliphatic carbocycles. The highest BCUT2D eigenvalue weighted by atomic mass is 16.5. The summed E-state index contributed by atoms with van der Waals surface area (Å²) in [6.45, 7) is 0.939. The Morgan fingerprint density at radius 2 is 1.78 bits per heavy atom. The first kappa shape index (κ1) is 14.9. The van der Waals surface area contributed by atoms with Crippen molar-refractivity contribution in [2.75, 3.05) is 0 Å². The molecule has 0 radical (unpaired) electrons. The lowest BCUT2D eigenvalue weighted by atomic mass is 10.1. The first-order valence-electron chi connectivity index (χ1n) is 7.35. The lowest BCUT2D eigenvalue weighted by Crippen LogP contribution is -2.03. The molecule has 0 bridgehead atoms. The summed E-state index contributed by atoms with van der Waals surface area (Å²) < 4.78 is 5.66. The van der Waals surface area contributed by atoms with E-state index in [1.54, 1.807) is 11.0 Å². The molecule has 0 aliphatic heterocycles. The number of para-hydroxylation sites is 1. The summed E-state index contributed by atoms with van der Waals surface area (Å²) >= 11 is 0. The molecule has 23 heavy (non-hydrogen) atoms. The number of benzene rings is 2. The number of ether oxygens (including phenoxy) is 1. The molecule has 0 saturated heterocycles. The van der Waals surface area contributed by atoms with Crippen molar-refractivity contribution < 1.29 is 4.74 Å². The second-order valence-electron chi connectivity index (χ2n) is 5.07. The molecule has 114 valence electrons. The molecule has 3 aromatic rings. The summed E-state index contributed by atoms with van der Waals surface area (Å²) in [6, 6.07) is 19.8. The van der Waals surface area contributed by atoms with Crippen molar-refractivity contribution in [3.05, 3.63) is 77.6 Å². The number of aromatic nitrogens is 3. The van der Waals surface area contributed by atoms with Gasteiger partial charge in [0.2, 0.25) is 0 Å². The van der Waals surface area contributed by atoms with Gasteiger partial charge in [-0.1, -0.05) is 48.5 Å². The van der Waals surface area contributed by atoms with Crippen LogP contribution in [0, 0.1) is 11.3 Å². The van der Waals surface area contributed by atoms with Gasteiger partial charge >= 0.3 is 0 Å². The molecule has 2 aromatic carbocycles. The predicted octanol–water partition coefficient (Wildman–Crippen LogP) is 3.05. The van der Waals surface area contributed by atoms with Crippen molar-refractivity contribution in [1.29, 1.82) is 5.26 Å². The van der Waals surface area contributed by atoms with Crippen LogP contribution in [0.4, 0.5) is 0 Å². The number of nitrogens with zero attached hydrogens (tertiary/aromatic N) is 4. The Kier molecular flexibility index (Phi) is 4.77. The fourth-order valence-electron chi connectivity index (χ4n) is 2.27. The molecule has 0 aliphatic rings. The van der Waals surface area contributed by atoms with Crippen LogP contribution in [0.2, 0.25) is 0 Å². The topological polar surface area (TPSA) is 63.7 Å². The van der Waals surface area contributed by atoms with E-state index < -0.39 is 0 Å². The minimum Gasteiger partial charge on any atom is -0.370 e. The first-order valence-corrected chi connectivity index (χ1v) is 7.35. The van der Waals surface area contributed by atoms with E-state index in [0.29, 0.717) is 19.6 Å². The molecule has 0 amide bonds. The maximum atomic E-state index is 8.90. The van der Waals surface area contributed by atoms with Crippen molar-refractivity contribution in [2.24, 2.45) is 0 Å². The SMILES string of the molecule is N#CCc1ccccc1-n1ncc(COCc2ccccc2)n1. The number of hydrogen-bond acceptors (Lipinski definition) is 4. The van der Waals surface area contributed by atoms with Gasteiger partial charge in [0.1, 0.15) is 5.69 Å². The van der Waals surface area contributed by atoms with E-state index in [2.05, 4.69) is 16.3 Å². The first-order chi connectivity index (χ1) is 11.4. The van der Waals surface area contributed by atoms with Crippen LogP contribution in [-0.2, 0) is 24.4 Å². The Hall–Kier alpha value is -2.97. The minimum absolute atomic E-state index is 0.331. The molecule has 0 atom stereocenters. The zero-order valence-electron chi connectivity index (χ0n) is 12.6. The van der Waals surface area contributed by atoms with E-state index in [1.807, 2.05) is 54.6 Å². The van der Waals surface area contributed by atoms with Gasteiger partial charge < -0.3 is 4.74 Å². The molecule has 3 rings (SSSR count). The molecular weight excluding hydrogens is 288 g/mol. The smallest absolute Gasteiger partial charge is 0.109 e. The van der Waals surface area contributed by atoms with E-state index in [1.165, 1.54) is 0 Å². The van der Waals surface area contributed by atoms with Crippen LogP contribution >= 0.6 is 0 Å². The molecule has 1 heterocycles. The quantitative estimate of drug-likeness (QED) is 0.702.